The number of ether oxygens (including phenoxy) is 3. The highest BCUT2D eigenvalue weighted by atomic mass is 79.9. The molecule has 6 heteroatoms. The predicted molar refractivity (Wildman–Crippen MR) is 89.4 cm³/mol. The first kappa shape index (κ1) is 18.8. The van der Waals surface area contributed by atoms with Gasteiger partial charge in [-0.25, -0.2) is 4.79 Å². The van der Waals surface area contributed by atoms with Crippen molar-refractivity contribution in [2.24, 2.45) is 0 Å². The number of carbonyl (C=O) groups is 1. The summed E-state index contributed by atoms with van der Waals surface area (Å²) < 4.78 is 17.1. The van der Waals surface area contributed by atoms with Crippen molar-refractivity contribution in [2.75, 3.05) is 20.3 Å². The lowest BCUT2D eigenvalue weighted by molar-refractivity contribution is 0.0438. The van der Waals surface area contributed by atoms with Gasteiger partial charge in [-0.2, -0.15) is 0 Å². The fourth-order valence-corrected chi connectivity index (χ4v) is 1.96. The molecule has 0 aliphatic carbocycles. The zero-order chi connectivity index (χ0) is 16.8. The Balaban J connectivity index is 2.56. The van der Waals surface area contributed by atoms with Crippen LogP contribution in [0.1, 0.15) is 26.3 Å². The third kappa shape index (κ3) is 7.13. The van der Waals surface area contributed by atoms with Gasteiger partial charge in [0.1, 0.15) is 18.0 Å². The molecule has 1 aromatic carbocycles. The molecule has 0 spiro atoms. The maximum Gasteiger partial charge on any atom is 0.408 e. The Kier molecular flexibility index (Phi) is 7.16. The van der Waals surface area contributed by atoms with Crippen molar-refractivity contribution in [3.05, 3.63) is 28.2 Å². The lowest BCUT2D eigenvalue weighted by Gasteiger charge is -2.23. The van der Waals surface area contributed by atoms with Crippen LogP contribution < -0.4 is 10.1 Å². The van der Waals surface area contributed by atoms with E-state index in [1.165, 1.54) is 0 Å². The number of rotatable bonds is 6. The van der Waals surface area contributed by atoms with Crippen LogP contribution in [-0.2, 0) is 9.47 Å². The molecule has 1 N–H and O–H groups in total. The Labute approximate surface area is 140 Å². The molecular formula is C16H24BrNO4. The molecule has 0 unspecified atom stereocenters. The Morgan fingerprint density at radius 2 is 2.00 bits per heavy atom. The van der Waals surface area contributed by atoms with E-state index >= 15 is 0 Å². The van der Waals surface area contributed by atoms with Crippen LogP contribution in [-0.4, -0.2) is 38.1 Å². The Hall–Kier alpha value is -1.27. The largest absolute Gasteiger partial charge is 0.491 e. The van der Waals surface area contributed by atoms with E-state index in [9.17, 15) is 4.79 Å². The summed E-state index contributed by atoms with van der Waals surface area (Å²) in [7, 11) is 1.58. The number of amides is 1. The molecule has 1 atom stereocenters. The first-order valence-corrected chi connectivity index (χ1v) is 7.88. The van der Waals surface area contributed by atoms with Gasteiger partial charge in [0, 0.05) is 11.6 Å². The van der Waals surface area contributed by atoms with Crippen LogP contribution in [0.25, 0.3) is 0 Å². The number of carbonyl (C=O) groups excluding carboxylic acids is 1. The fraction of sp³-hybridized carbons (Fsp3) is 0.562. The van der Waals surface area contributed by atoms with Crippen LogP contribution in [0.2, 0.25) is 0 Å². The second-order valence-electron chi connectivity index (χ2n) is 6.02. The van der Waals surface area contributed by atoms with Crippen molar-refractivity contribution in [3.8, 4) is 5.75 Å². The molecule has 1 aromatic rings. The normalized spacial score (nSPS) is 12.6. The summed E-state index contributed by atoms with van der Waals surface area (Å²) in [6.45, 7) is 8.09. The van der Waals surface area contributed by atoms with E-state index in [2.05, 4.69) is 21.2 Å². The Morgan fingerprint density at radius 1 is 1.32 bits per heavy atom. The number of hydrogen-bond donors (Lipinski definition) is 1. The van der Waals surface area contributed by atoms with Crippen molar-refractivity contribution in [1.82, 2.24) is 5.32 Å². The van der Waals surface area contributed by atoms with E-state index in [-0.39, 0.29) is 6.04 Å². The number of benzene rings is 1. The molecule has 0 fully saturated rings. The van der Waals surface area contributed by atoms with Gasteiger partial charge in [0.05, 0.1) is 12.6 Å². The molecule has 0 aromatic heterocycles. The minimum atomic E-state index is -0.536. The molecule has 0 heterocycles. The summed E-state index contributed by atoms with van der Waals surface area (Å²) >= 11 is 3.45. The zero-order valence-corrected chi connectivity index (χ0v) is 15.3. The molecule has 124 valence electrons. The number of hydrogen-bond acceptors (Lipinski definition) is 4. The van der Waals surface area contributed by atoms with Gasteiger partial charge >= 0.3 is 6.09 Å². The molecule has 1 rings (SSSR count). The summed E-state index contributed by atoms with van der Waals surface area (Å²) in [4.78, 5) is 11.8. The van der Waals surface area contributed by atoms with E-state index in [1.54, 1.807) is 7.11 Å². The summed E-state index contributed by atoms with van der Waals surface area (Å²) in [6, 6.07) is 5.44. The van der Waals surface area contributed by atoms with Gasteiger partial charge in [-0.15, -0.1) is 0 Å². The molecule has 22 heavy (non-hydrogen) atoms. The summed E-state index contributed by atoms with van der Waals surface area (Å²) in [5.41, 5.74) is 0.548. The summed E-state index contributed by atoms with van der Waals surface area (Å²) in [6.07, 6.45) is -0.481. The maximum absolute atomic E-state index is 11.8. The lowest BCUT2D eigenvalue weighted by atomic mass is 10.2. The highest BCUT2D eigenvalue weighted by molar-refractivity contribution is 9.10. The van der Waals surface area contributed by atoms with Crippen molar-refractivity contribution in [2.45, 2.75) is 39.3 Å². The predicted octanol–water partition coefficient (Wildman–Crippen LogP) is 3.68. The minimum Gasteiger partial charge on any atom is -0.491 e. The van der Waals surface area contributed by atoms with Crippen molar-refractivity contribution < 1.29 is 19.0 Å². The van der Waals surface area contributed by atoms with Crippen LogP contribution in [0.3, 0.4) is 0 Å². The highest BCUT2D eigenvalue weighted by Gasteiger charge is 2.20. The average Bonchev–Trinajstić information content (AvgIpc) is 2.38. The average molecular weight is 374 g/mol. The highest BCUT2D eigenvalue weighted by Crippen LogP contribution is 2.21. The minimum absolute atomic E-state index is 0.288. The molecule has 0 aliphatic heterocycles. The molecule has 0 bridgehead atoms. The molecule has 5 nitrogen and oxygen atoms in total. The van der Waals surface area contributed by atoms with Crippen molar-refractivity contribution in [3.63, 3.8) is 0 Å². The van der Waals surface area contributed by atoms with E-state index in [1.807, 2.05) is 45.9 Å². The maximum atomic E-state index is 11.8. The Bertz CT molecular complexity index is 499. The quantitative estimate of drug-likeness (QED) is 0.826. The number of nitrogens with one attached hydrogen (secondary N) is 1. The van der Waals surface area contributed by atoms with Gasteiger partial charge in [-0.1, -0.05) is 15.9 Å². The Morgan fingerprint density at radius 3 is 2.55 bits per heavy atom. The van der Waals surface area contributed by atoms with Gasteiger partial charge in [0.2, 0.25) is 0 Å². The fourth-order valence-electron chi connectivity index (χ4n) is 1.71. The zero-order valence-electron chi connectivity index (χ0n) is 13.7. The lowest BCUT2D eigenvalue weighted by Crippen LogP contribution is -2.44. The van der Waals surface area contributed by atoms with Crippen molar-refractivity contribution in [1.29, 1.82) is 0 Å². The van der Waals surface area contributed by atoms with Crippen LogP contribution in [0.5, 0.6) is 5.75 Å². The van der Waals surface area contributed by atoms with Gasteiger partial charge in [0.15, 0.2) is 0 Å². The third-order valence-electron chi connectivity index (χ3n) is 2.67. The smallest absolute Gasteiger partial charge is 0.408 e. The summed E-state index contributed by atoms with van der Waals surface area (Å²) in [5, 5.41) is 2.75. The molecule has 0 saturated heterocycles. The van der Waals surface area contributed by atoms with E-state index in [0.717, 1.165) is 15.8 Å². The molecule has 0 radical (unpaired) electrons. The first-order valence-electron chi connectivity index (χ1n) is 7.08. The molecule has 0 saturated carbocycles. The van der Waals surface area contributed by atoms with E-state index in [4.69, 9.17) is 14.2 Å². The third-order valence-corrected chi connectivity index (χ3v) is 3.56. The van der Waals surface area contributed by atoms with Crippen molar-refractivity contribution >= 4 is 22.0 Å². The number of aryl methyl sites for hydroxylation is 1. The topological polar surface area (TPSA) is 56.8 Å². The van der Waals surface area contributed by atoms with E-state index in [0.29, 0.717) is 13.2 Å². The monoisotopic (exact) mass is 373 g/mol. The number of alkyl carbamates (subject to hydrolysis) is 1. The summed E-state index contributed by atoms with van der Waals surface area (Å²) in [5.74, 6) is 0.743. The number of methoxy groups -OCH3 is 1. The van der Waals surface area contributed by atoms with Gasteiger partial charge in [-0.3, -0.25) is 0 Å². The molecule has 0 aliphatic rings. The standard InChI is InChI=1S/C16H24BrNO4/c1-11-8-13(6-7-14(11)17)21-10-12(9-20-5)18-15(19)22-16(2,3)4/h6-8,12H,9-10H2,1-5H3,(H,18,19)/t12-/m0/s1. The molecule has 1 amide bonds. The van der Waals surface area contributed by atoms with Gasteiger partial charge < -0.3 is 19.5 Å². The number of halogens is 1. The second-order valence-corrected chi connectivity index (χ2v) is 6.87. The van der Waals surface area contributed by atoms with Gasteiger partial charge in [-0.05, 0) is 51.5 Å². The molecular weight excluding hydrogens is 350 g/mol. The SMILES string of the molecule is COC[C@@H](COc1ccc(Br)c(C)c1)NC(=O)OC(C)(C)C. The van der Waals surface area contributed by atoms with Crippen LogP contribution in [0.15, 0.2) is 22.7 Å². The first-order chi connectivity index (χ1) is 10.2. The second kappa shape index (κ2) is 8.39. The van der Waals surface area contributed by atoms with Gasteiger partial charge in [0.25, 0.3) is 0 Å². The van der Waals surface area contributed by atoms with Crippen LogP contribution in [0.4, 0.5) is 4.79 Å². The van der Waals surface area contributed by atoms with Crippen LogP contribution in [0, 0.1) is 6.92 Å². The van der Waals surface area contributed by atoms with Crippen LogP contribution >= 0.6 is 15.9 Å². The van der Waals surface area contributed by atoms with E-state index < -0.39 is 11.7 Å².